The molecule has 2 aromatic carbocycles. The number of hydrogen-bond donors (Lipinski definition) is 4. The summed E-state index contributed by atoms with van der Waals surface area (Å²) in [5, 5.41) is 20.7. The summed E-state index contributed by atoms with van der Waals surface area (Å²) >= 11 is 0. The van der Waals surface area contributed by atoms with Crippen LogP contribution in [0.1, 0.15) is 57.1 Å². The van der Waals surface area contributed by atoms with Gasteiger partial charge in [-0.3, -0.25) is 4.79 Å². The summed E-state index contributed by atoms with van der Waals surface area (Å²) in [7, 11) is -3.71. The number of unbranched alkanes of at least 4 members (excludes halogenated alkanes) is 1. The first-order valence-electron chi connectivity index (χ1n) is 15.2. The van der Waals surface area contributed by atoms with Gasteiger partial charge < -0.3 is 26.2 Å². The van der Waals surface area contributed by atoms with Crippen LogP contribution in [0.2, 0.25) is 0 Å². The van der Waals surface area contributed by atoms with E-state index in [0.717, 1.165) is 29.5 Å². The molecule has 11 nitrogen and oxygen atoms in total. The molecule has 0 saturated carbocycles. The molecule has 2 aliphatic rings. The van der Waals surface area contributed by atoms with Crippen molar-refractivity contribution in [2.24, 2.45) is 16.6 Å². The van der Waals surface area contributed by atoms with Crippen LogP contribution < -0.4 is 11.1 Å². The summed E-state index contributed by atoms with van der Waals surface area (Å²) in [4.78, 5) is 31.2. The van der Waals surface area contributed by atoms with Crippen molar-refractivity contribution < 1.29 is 28.2 Å². The fourth-order valence-corrected chi connectivity index (χ4v) is 7.23. The van der Waals surface area contributed by atoms with Gasteiger partial charge >= 0.3 is 6.09 Å². The second-order valence-corrected chi connectivity index (χ2v) is 13.3. The van der Waals surface area contributed by atoms with E-state index in [1.165, 1.54) is 4.31 Å². The van der Waals surface area contributed by atoms with Gasteiger partial charge in [0.1, 0.15) is 5.84 Å². The molecular formula is C32H43N5O6S. The number of benzene rings is 2. The van der Waals surface area contributed by atoms with Crippen molar-refractivity contribution in [2.75, 3.05) is 39.3 Å². The zero-order chi connectivity index (χ0) is 31.9. The lowest BCUT2D eigenvalue weighted by Crippen LogP contribution is -2.51. The molecule has 0 unspecified atom stereocenters. The van der Waals surface area contributed by atoms with E-state index in [-0.39, 0.29) is 42.8 Å². The van der Waals surface area contributed by atoms with Gasteiger partial charge in [0.05, 0.1) is 10.6 Å². The molecule has 1 fully saturated rings. The van der Waals surface area contributed by atoms with Gasteiger partial charge in [0.25, 0.3) is 0 Å². The zero-order valence-corrected chi connectivity index (χ0v) is 26.3. The average molecular weight is 626 g/mol. The van der Waals surface area contributed by atoms with Crippen LogP contribution in [0, 0.1) is 5.92 Å². The Morgan fingerprint density at radius 3 is 2.48 bits per heavy atom. The number of carbonyl (C=O) groups excluding carboxylic acids is 1. The number of aliphatic imine (C=N–C) groups is 1. The predicted molar refractivity (Wildman–Crippen MR) is 171 cm³/mol. The number of amides is 2. The number of aliphatic hydroxyl groups excluding tert-OH is 1. The SMILES string of the molecule is CCCN(CCC)C(=O)C1=Cc2c(CCCCNC(=O)O)cc(-c3cccc(S(=O)(=O)N4CC(CO)C4)c3)cc2N=C(N)C1. The summed E-state index contributed by atoms with van der Waals surface area (Å²) in [6, 6.07) is 10.6. The second-order valence-electron chi connectivity index (χ2n) is 11.4. The molecule has 12 heteroatoms. The van der Waals surface area contributed by atoms with Crippen molar-refractivity contribution >= 4 is 39.6 Å². The lowest BCUT2D eigenvalue weighted by atomic mass is 9.93. The third-order valence-corrected chi connectivity index (χ3v) is 9.71. The van der Waals surface area contributed by atoms with Crippen molar-refractivity contribution in [3.63, 3.8) is 0 Å². The van der Waals surface area contributed by atoms with Crippen LogP contribution in [0.25, 0.3) is 17.2 Å². The fraction of sp³-hybridized carbons (Fsp3) is 0.469. The molecule has 2 heterocycles. The van der Waals surface area contributed by atoms with Crippen LogP contribution >= 0.6 is 0 Å². The number of aryl methyl sites for hydroxylation is 1. The minimum atomic E-state index is -3.71. The average Bonchev–Trinajstić information content (AvgIpc) is 3.13. The van der Waals surface area contributed by atoms with E-state index in [4.69, 9.17) is 15.8 Å². The summed E-state index contributed by atoms with van der Waals surface area (Å²) in [5.41, 5.74) is 10.7. The van der Waals surface area contributed by atoms with Crippen molar-refractivity contribution in [2.45, 2.75) is 57.3 Å². The number of fused-ring (bicyclic) bond motifs is 1. The van der Waals surface area contributed by atoms with Gasteiger partial charge in [-0.05, 0) is 73.1 Å². The number of carboxylic acid groups (broad SMARTS) is 1. The molecular weight excluding hydrogens is 582 g/mol. The molecule has 4 rings (SSSR count). The Morgan fingerprint density at radius 1 is 1.09 bits per heavy atom. The van der Waals surface area contributed by atoms with Gasteiger partial charge in [-0.1, -0.05) is 32.0 Å². The molecule has 2 amide bonds. The highest BCUT2D eigenvalue weighted by Crippen LogP contribution is 2.37. The topological polar surface area (TPSA) is 166 Å². The lowest BCUT2D eigenvalue weighted by molar-refractivity contribution is -0.127. The van der Waals surface area contributed by atoms with Gasteiger partial charge in [0.2, 0.25) is 15.9 Å². The minimum Gasteiger partial charge on any atom is -0.465 e. The molecule has 0 radical (unpaired) electrons. The van der Waals surface area contributed by atoms with Gasteiger partial charge in [-0.25, -0.2) is 18.2 Å². The first-order chi connectivity index (χ1) is 21.1. The monoisotopic (exact) mass is 625 g/mol. The second kappa shape index (κ2) is 14.8. The summed E-state index contributed by atoms with van der Waals surface area (Å²) in [6.45, 7) is 6.22. The highest BCUT2D eigenvalue weighted by molar-refractivity contribution is 7.89. The maximum Gasteiger partial charge on any atom is 0.404 e. The van der Waals surface area contributed by atoms with Crippen LogP contribution in [0.4, 0.5) is 10.5 Å². The molecule has 0 aliphatic carbocycles. The Kier molecular flexibility index (Phi) is 11.2. The van der Waals surface area contributed by atoms with Gasteiger partial charge in [-0.2, -0.15) is 4.31 Å². The molecule has 5 N–H and O–H groups in total. The molecule has 0 spiro atoms. The third kappa shape index (κ3) is 7.85. The maximum atomic E-state index is 13.6. The van der Waals surface area contributed by atoms with Gasteiger partial charge in [-0.15, -0.1) is 0 Å². The Bertz CT molecular complexity index is 1530. The first-order valence-corrected chi connectivity index (χ1v) is 16.7. The Balaban J connectivity index is 1.74. The highest BCUT2D eigenvalue weighted by Gasteiger charge is 2.36. The van der Waals surface area contributed by atoms with Crippen molar-refractivity contribution in [3.8, 4) is 11.1 Å². The zero-order valence-electron chi connectivity index (χ0n) is 25.5. The molecule has 0 bridgehead atoms. The Labute approximate surface area is 259 Å². The summed E-state index contributed by atoms with van der Waals surface area (Å²) < 4.78 is 27.9. The molecule has 0 atom stereocenters. The van der Waals surface area contributed by atoms with Crippen molar-refractivity contribution in [3.05, 3.63) is 53.1 Å². The van der Waals surface area contributed by atoms with Crippen LogP contribution in [0.5, 0.6) is 0 Å². The van der Waals surface area contributed by atoms with E-state index < -0.39 is 16.1 Å². The number of sulfonamides is 1. The number of nitrogens with zero attached hydrogens (tertiary/aromatic N) is 3. The molecule has 2 aliphatic heterocycles. The minimum absolute atomic E-state index is 0.0447. The number of amidine groups is 1. The number of rotatable bonds is 14. The van der Waals surface area contributed by atoms with Crippen LogP contribution in [0.3, 0.4) is 0 Å². The summed E-state index contributed by atoms with van der Waals surface area (Å²) in [5.74, 6) is 0.209. The number of hydrogen-bond acceptors (Lipinski definition) is 7. The fourth-order valence-electron chi connectivity index (χ4n) is 5.59. The number of aliphatic hydroxyl groups is 1. The van der Waals surface area contributed by atoms with E-state index in [1.54, 1.807) is 18.2 Å². The van der Waals surface area contributed by atoms with Gasteiger partial charge in [0.15, 0.2) is 0 Å². The number of carbonyl (C=O) groups is 2. The van der Waals surface area contributed by atoms with Crippen molar-refractivity contribution in [1.82, 2.24) is 14.5 Å². The summed E-state index contributed by atoms with van der Waals surface area (Å²) in [6.07, 6.45) is 4.60. The largest absolute Gasteiger partial charge is 0.465 e. The Morgan fingerprint density at radius 2 is 1.82 bits per heavy atom. The van der Waals surface area contributed by atoms with E-state index in [1.807, 2.05) is 43.0 Å². The quantitative estimate of drug-likeness (QED) is 0.231. The third-order valence-electron chi connectivity index (χ3n) is 7.88. The van der Waals surface area contributed by atoms with Crippen LogP contribution in [-0.2, 0) is 21.2 Å². The van der Waals surface area contributed by atoms with Gasteiger partial charge in [0, 0.05) is 62.8 Å². The molecule has 238 valence electrons. The normalized spacial score (nSPS) is 15.4. The smallest absolute Gasteiger partial charge is 0.404 e. The molecule has 1 saturated heterocycles. The van der Waals surface area contributed by atoms with Crippen LogP contribution in [0.15, 0.2) is 51.9 Å². The molecule has 44 heavy (non-hydrogen) atoms. The standard InChI is InChI=1S/C32H43N5O6S/c1-3-12-36(13-4-2)31(39)26-16-28-24(8-5-6-11-34-32(40)41)14-25(17-29(28)35-30(33)18-26)23-9-7-10-27(15-23)44(42,43)37-19-22(20-37)21-38/h7,9-10,14-17,22,34,38H,3-6,8,11-13,18-21H2,1-2H3,(H2,33,35)(H,40,41). The van der Waals surface area contributed by atoms with E-state index in [9.17, 15) is 23.1 Å². The molecule has 0 aromatic heterocycles. The highest BCUT2D eigenvalue weighted by atomic mass is 32.2. The lowest BCUT2D eigenvalue weighted by Gasteiger charge is -2.36. The molecule has 2 aromatic rings. The number of nitrogens with one attached hydrogen (secondary N) is 1. The Hall–Kier alpha value is -3.74. The maximum absolute atomic E-state index is 13.6. The van der Waals surface area contributed by atoms with E-state index >= 15 is 0 Å². The van der Waals surface area contributed by atoms with E-state index in [0.29, 0.717) is 61.6 Å². The van der Waals surface area contributed by atoms with Crippen LogP contribution in [-0.4, -0.2) is 85.0 Å². The van der Waals surface area contributed by atoms with E-state index in [2.05, 4.69) is 5.32 Å². The predicted octanol–water partition coefficient (Wildman–Crippen LogP) is 3.98. The first kappa shape index (κ1) is 33.2. The number of nitrogens with two attached hydrogens (primary N) is 1. The van der Waals surface area contributed by atoms with Crippen molar-refractivity contribution in [1.29, 1.82) is 0 Å².